The summed E-state index contributed by atoms with van der Waals surface area (Å²) in [7, 11) is 1.54. The highest BCUT2D eigenvalue weighted by Gasteiger charge is 2.32. The van der Waals surface area contributed by atoms with Crippen molar-refractivity contribution in [1.82, 2.24) is 14.5 Å². The lowest BCUT2D eigenvalue weighted by molar-refractivity contribution is -0.137. The third-order valence-corrected chi connectivity index (χ3v) is 6.43. The second kappa shape index (κ2) is 10.2. The first kappa shape index (κ1) is 26.1. The molecule has 0 aliphatic carbocycles. The second-order valence-electron chi connectivity index (χ2n) is 9.57. The first-order valence-corrected chi connectivity index (χ1v) is 11.7. The normalized spacial score (nSPS) is 12.8. The number of nitrogens with two attached hydrogens (primary N) is 1. The maximum atomic E-state index is 13.6. The van der Waals surface area contributed by atoms with Gasteiger partial charge in [-0.05, 0) is 35.4 Å². The summed E-state index contributed by atoms with van der Waals surface area (Å²) >= 11 is 0. The van der Waals surface area contributed by atoms with E-state index >= 15 is 0 Å². The van der Waals surface area contributed by atoms with Crippen LogP contribution in [0, 0.1) is 5.41 Å². The minimum absolute atomic E-state index is 0.0746. The van der Waals surface area contributed by atoms with Crippen LogP contribution in [0.1, 0.15) is 31.0 Å². The van der Waals surface area contributed by atoms with Crippen LogP contribution in [0.2, 0.25) is 0 Å². The molecule has 2 aromatic carbocycles. The molecular formula is C28H28F3N5O. The van der Waals surface area contributed by atoms with Gasteiger partial charge in [0.05, 0.1) is 16.8 Å². The third kappa shape index (κ3) is 5.56. The molecule has 0 saturated heterocycles. The smallest absolute Gasteiger partial charge is 0.355 e. The Morgan fingerprint density at radius 1 is 0.973 bits per heavy atom. The van der Waals surface area contributed by atoms with Crippen LogP contribution in [0.5, 0.6) is 0 Å². The number of nitrogens with zero attached hydrogens (tertiary/aromatic N) is 3. The molecule has 0 amide bonds. The molecule has 37 heavy (non-hydrogen) atoms. The molecule has 0 spiro atoms. The van der Waals surface area contributed by atoms with E-state index in [1.807, 2.05) is 44.2 Å². The Balaban J connectivity index is 1.77. The molecule has 3 N–H and O–H groups in total. The summed E-state index contributed by atoms with van der Waals surface area (Å²) < 4.78 is 41.6. The Labute approximate surface area is 213 Å². The van der Waals surface area contributed by atoms with E-state index in [1.165, 1.54) is 23.7 Å². The van der Waals surface area contributed by atoms with Crippen molar-refractivity contribution in [3.63, 3.8) is 0 Å². The van der Waals surface area contributed by atoms with Crippen molar-refractivity contribution in [2.45, 2.75) is 26.1 Å². The number of hydrogen-bond acceptors (Lipinski definition) is 5. The van der Waals surface area contributed by atoms with Crippen molar-refractivity contribution in [3.05, 3.63) is 101 Å². The molecule has 2 aromatic heterocycles. The van der Waals surface area contributed by atoms with Gasteiger partial charge in [-0.3, -0.25) is 14.3 Å². The van der Waals surface area contributed by atoms with Crippen LogP contribution in [0.3, 0.4) is 0 Å². The first-order valence-electron chi connectivity index (χ1n) is 11.7. The minimum atomic E-state index is -4.55. The Bertz CT molecular complexity index is 1430. The number of halogens is 3. The number of aromatic nitrogens is 3. The molecule has 192 valence electrons. The highest BCUT2D eigenvalue weighted by molar-refractivity contribution is 5.81. The van der Waals surface area contributed by atoms with Crippen molar-refractivity contribution in [2.24, 2.45) is 18.2 Å². The fourth-order valence-electron chi connectivity index (χ4n) is 4.12. The molecule has 1 unspecified atom stereocenters. The Kier molecular flexibility index (Phi) is 7.18. The molecule has 0 fully saturated rings. The highest BCUT2D eigenvalue weighted by atomic mass is 19.4. The van der Waals surface area contributed by atoms with Gasteiger partial charge in [0, 0.05) is 43.0 Å². The Morgan fingerprint density at radius 2 is 1.65 bits per heavy atom. The van der Waals surface area contributed by atoms with Crippen LogP contribution in [-0.2, 0) is 13.2 Å². The van der Waals surface area contributed by atoms with E-state index in [1.54, 1.807) is 24.5 Å². The molecule has 0 saturated carbocycles. The third-order valence-electron chi connectivity index (χ3n) is 6.43. The van der Waals surface area contributed by atoms with Crippen LogP contribution in [-0.4, -0.2) is 21.1 Å². The van der Waals surface area contributed by atoms with Gasteiger partial charge in [-0.15, -0.1) is 0 Å². The van der Waals surface area contributed by atoms with Crippen LogP contribution < -0.4 is 16.6 Å². The average Bonchev–Trinajstić information content (AvgIpc) is 2.89. The van der Waals surface area contributed by atoms with Gasteiger partial charge in [-0.1, -0.05) is 56.3 Å². The van der Waals surface area contributed by atoms with E-state index in [0.29, 0.717) is 12.1 Å². The van der Waals surface area contributed by atoms with Gasteiger partial charge < -0.3 is 11.1 Å². The zero-order valence-electron chi connectivity index (χ0n) is 20.8. The fourth-order valence-corrected chi connectivity index (χ4v) is 4.12. The lowest BCUT2D eigenvalue weighted by atomic mass is 9.81. The van der Waals surface area contributed by atoms with Crippen LogP contribution in [0.15, 0.2) is 83.9 Å². The molecule has 1 atom stereocenters. The molecule has 0 aliphatic rings. The summed E-state index contributed by atoms with van der Waals surface area (Å²) in [4.78, 5) is 22.3. The predicted molar refractivity (Wildman–Crippen MR) is 139 cm³/mol. The van der Waals surface area contributed by atoms with E-state index in [0.717, 1.165) is 17.7 Å². The fraction of sp³-hybridized carbons (Fsp3) is 0.250. The molecular weight excluding hydrogens is 479 g/mol. The molecule has 4 aromatic rings. The van der Waals surface area contributed by atoms with Gasteiger partial charge in [0.2, 0.25) is 5.95 Å². The molecule has 0 radical (unpaired) electrons. The number of hydrogen-bond donors (Lipinski definition) is 2. The van der Waals surface area contributed by atoms with E-state index in [9.17, 15) is 18.0 Å². The summed E-state index contributed by atoms with van der Waals surface area (Å²) in [6.07, 6.45) is -1.46. The zero-order valence-corrected chi connectivity index (χ0v) is 20.8. The largest absolute Gasteiger partial charge is 0.416 e. The summed E-state index contributed by atoms with van der Waals surface area (Å²) in [6.45, 7) is 4.41. The van der Waals surface area contributed by atoms with E-state index in [4.69, 9.17) is 10.7 Å². The first-order chi connectivity index (χ1) is 17.5. The Hall–Kier alpha value is -3.98. The zero-order chi connectivity index (χ0) is 26.8. The van der Waals surface area contributed by atoms with Crippen molar-refractivity contribution in [2.75, 3.05) is 11.9 Å². The topological polar surface area (TPSA) is 85.8 Å². The average molecular weight is 508 g/mol. The SMILES string of the molecule is Cn1c(NCC(C)(C)C(N)c2ccccc2)nc(-c2ccncc2)c(-c2cccc(C(F)(F)F)c2)c1=O. The summed E-state index contributed by atoms with van der Waals surface area (Å²) in [5.41, 5.74) is 6.81. The number of alkyl halides is 3. The van der Waals surface area contributed by atoms with Crippen LogP contribution >= 0.6 is 0 Å². The van der Waals surface area contributed by atoms with Crippen molar-refractivity contribution in [3.8, 4) is 22.4 Å². The lowest BCUT2D eigenvalue weighted by Gasteiger charge is -2.32. The van der Waals surface area contributed by atoms with E-state index in [-0.39, 0.29) is 28.8 Å². The molecule has 0 aliphatic heterocycles. The maximum absolute atomic E-state index is 13.6. The molecule has 0 bridgehead atoms. The van der Waals surface area contributed by atoms with Gasteiger partial charge in [-0.2, -0.15) is 13.2 Å². The predicted octanol–water partition coefficient (Wildman–Crippen LogP) is 5.67. The van der Waals surface area contributed by atoms with Crippen molar-refractivity contribution >= 4 is 5.95 Å². The summed E-state index contributed by atoms with van der Waals surface area (Å²) in [5, 5.41) is 3.25. The van der Waals surface area contributed by atoms with E-state index < -0.39 is 22.7 Å². The highest BCUT2D eigenvalue weighted by Crippen LogP contribution is 2.35. The maximum Gasteiger partial charge on any atom is 0.416 e. The minimum Gasteiger partial charge on any atom is -0.355 e. The summed E-state index contributed by atoms with van der Waals surface area (Å²) in [5.74, 6) is 0.279. The number of rotatable bonds is 7. The van der Waals surface area contributed by atoms with Gasteiger partial charge in [0.15, 0.2) is 0 Å². The van der Waals surface area contributed by atoms with Crippen LogP contribution in [0.25, 0.3) is 22.4 Å². The van der Waals surface area contributed by atoms with Crippen molar-refractivity contribution in [1.29, 1.82) is 0 Å². The van der Waals surface area contributed by atoms with Crippen LogP contribution in [0.4, 0.5) is 19.1 Å². The number of anilines is 1. The molecule has 4 rings (SSSR count). The Morgan fingerprint density at radius 3 is 2.30 bits per heavy atom. The van der Waals surface area contributed by atoms with Gasteiger partial charge in [0.1, 0.15) is 0 Å². The quantitative estimate of drug-likeness (QED) is 0.337. The number of pyridine rings is 1. The number of nitrogens with one attached hydrogen (secondary N) is 1. The van der Waals surface area contributed by atoms with Gasteiger partial charge in [-0.25, -0.2) is 4.98 Å². The standard InChI is InChI=1S/C28H28F3N5O/c1-27(2,24(32)19-8-5-4-6-9-19)17-34-26-35-23(18-12-14-33-15-13-18)22(25(37)36(26)3)20-10-7-11-21(16-20)28(29,30)31/h4-16,24H,17,32H2,1-3H3,(H,34,35). The number of benzene rings is 2. The monoisotopic (exact) mass is 507 g/mol. The van der Waals surface area contributed by atoms with E-state index in [2.05, 4.69) is 10.3 Å². The van der Waals surface area contributed by atoms with Gasteiger partial charge in [0.25, 0.3) is 5.56 Å². The second-order valence-corrected chi connectivity index (χ2v) is 9.57. The van der Waals surface area contributed by atoms with Gasteiger partial charge >= 0.3 is 6.18 Å². The molecule has 9 heteroatoms. The molecule has 2 heterocycles. The lowest BCUT2D eigenvalue weighted by Crippen LogP contribution is -2.36. The van der Waals surface area contributed by atoms with Crippen molar-refractivity contribution < 1.29 is 13.2 Å². The summed E-state index contributed by atoms with van der Waals surface area (Å²) in [6, 6.07) is 17.5. The molecule has 6 nitrogen and oxygen atoms in total.